The second kappa shape index (κ2) is 9.47. The van der Waals surface area contributed by atoms with Crippen molar-refractivity contribution in [1.82, 2.24) is 15.1 Å². The van der Waals surface area contributed by atoms with Crippen molar-refractivity contribution >= 4 is 12.2 Å². The van der Waals surface area contributed by atoms with Crippen LogP contribution in [-0.4, -0.2) is 69.8 Å². The molecule has 1 aliphatic heterocycles. The molecular weight excluding hydrogens is 290 g/mol. The third-order valence-corrected chi connectivity index (χ3v) is 4.08. The van der Waals surface area contributed by atoms with Crippen LogP contribution in [-0.2, 0) is 0 Å². The molecule has 1 aliphatic rings. The number of piperidine rings is 1. The van der Waals surface area contributed by atoms with Crippen LogP contribution in [0.4, 0.5) is 9.59 Å². The van der Waals surface area contributed by atoms with Crippen LogP contribution >= 0.6 is 0 Å². The summed E-state index contributed by atoms with van der Waals surface area (Å²) in [5, 5.41) is 29.7. The quantitative estimate of drug-likeness (QED) is 0.503. The first kappa shape index (κ1) is 18.5. The second-order valence-electron chi connectivity index (χ2n) is 5.64. The minimum Gasteiger partial charge on any atom is -0.465 e. The molecule has 8 nitrogen and oxygen atoms in total. The van der Waals surface area contributed by atoms with E-state index in [1.54, 1.807) is 0 Å². The van der Waals surface area contributed by atoms with Gasteiger partial charge in [0.05, 0.1) is 0 Å². The summed E-state index contributed by atoms with van der Waals surface area (Å²) >= 11 is 0. The number of carbonyl (C=O) groups is 2. The number of rotatable bonds is 8. The highest BCUT2D eigenvalue weighted by molar-refractivity contribution is 5.68. The fourth-order valence-corrected chi connectivity index (χ4v) is 2.80. The SMILES string of the molecule is CCCCN(C(=O)O)C(NC(=O)O)N1CCC(CCO)CC1. The number of hydrogen-bond acceptors (Lipinski definition) is 4. The van der Waals surface area contributed by atoms with Crippen LogP contribution in [0.25, 0.3) is 0 Å². The number of unbranched alkanes of at least 4 members (excludes halogenated alkanes) is 1. The van der Waals surface area contributed by atoms with Gasteiger partial charge in [0.2, 0.25) is 0 Å². The molecule has 0 aliphatic carbocycles. The van der Waals surface area contributed by atoms with E-state index in [2.05, 4.69) is 5.32 Å². The summed E-state index contributed by atoms with van der Waals surface area (Å²) in [6.45, 7) is 3.64. The lowest BCUT2D eigenvalue weighted by atomic mass is 9.94. The van der Waals surface area contributed by atoms with Crippen molar-refractivity contribution in [2.45, 2.75) is 45.3 Å². The van der Waals surface area contributed by atoms with Crippen molar-refractivity contribution in [3.63, 3.8) is 0 Å². The second-order valence-corrected chi connectivity index (χ2v) is 5.64. The molecule has 1 atom stereocenters. The van der Waals surface area contributed by atoms with Crippen LogP contribution < -0.4 is 5.32 Å². The van der Waals surface area contributed by atoms with Gasteiger partial charge in [0, 0.05) is 26.2 Å². The lowest BCUT2D eigenvalue weighted by molar-refractivity contribution is 0.00412. The Morgan fingerprint density at radius 1 is 1.32 bits per heavy atom. The highest BCUT2D eigenvalue weighted by atomic mass is 16.4. The molecule has 0 aromatic heterocycles. The maximum absolute atomic E-state index is 11.5. The molecule has 1 fully saturated rings. The summed E-state index contributed by atoms with van der Waals surface area (Å²) < 4.78 is 0. The van der Waals surface area contributed by atoms with Gasteiger partial charge < -0.3 is 15.3 Å². The van der Waals surface area contributed by atoms with E-state index in [9.17, 15) is 14.7 Å². The molecule has 128 valence electrons. The summed E-state index contributed by atoms with van der Waals surface area (Å²) in [7, 11) is 0. The number of nitrogens with one attached hydrogen (secondary N) is 1. The van der Waals surface area contributed by atoms with Crippen molar-refractivity contribution in [1.29, 1.82) is 0 Å². The van der Waals surface area contributed by atoms with Gasteiger partial charge in [-0.3, -0.25) is 15.1 Å². The fourth-order valence-electron chi connectivity index (χ4n) is 2.80. The van der Waals surface area contributed by atoms with Gasteiger partial charge in [0.25, 0.3) is 0 Å². The zero-order valence-electron chi connectivity index (χ0n) is 13.1. The molecule has 0 aromatic rings. The molecule has 8 heteroatoms. The minimum atomic E-state index is -1.23. The molecular formula is C14H27N3O5. The van der Waals surface area contributed by atoms with E-state index in [0.717, 1.165) is 30.6 Å². The largest absolute Gasteiger partial charge is 0.465 e. The van der Waals surface area contributed by atoms with E-state index >= 15 is 0 Å². The molecule has 2 amide bonds. The maximum atomic E-state index is 11.5. The number of amides is 2. The Balaban J connectivity index is 2.74. The van der Waals surface area contributed by atoms with Gasteiger partial charge in [-0.05, 0) is 31.6 Å². The first-order valence-corrected chi connectivity index (χ1v) is 7.83. The van der Waals surface area contributed by atoms with Crippen LogP contribution in [0.15, 0.2) is 0 Å². The van der Waals surface area contributed by atoms with Crippen molar-refractivity contribution in [3.05, 3.63) is 0 Å². The fraction of sp³-hybridized carbons (Fsp3) is 0.857. The molecule has 1 unspecified atom stereocenters. The average molecular weight is 317 g/mol. The Bertz CT molecular complexity index is 358. The highest BCUT2D eigenvalue weighted by Crippen LogP contribution is 2.22. The van der Waals surface area contributed by atoms with Crippen molar-refractivity contribution in [3.8, 4) is 0 Å². The molecule has 0 aromatic carbocycles. The Morgan fingerprint density at radius 2 is 1.95 bits per heavy atom. The standard InChI is InChI=1S/C14H27N3O5/c1-2-3-7-17(14(21)22)12(15-13(19)20)16-8-4-11(5-9-16)6-10-18/h11-12,15,18H,2-10H2,1H3,(H,19,20)(H,21,22). The summed E-state index contributed by atoms with van der Waals surface area (Å²) in [5.41, 5.74) is 0. The maximum Gasteiger partial charge on any atom is 0.410 e. The van der Waals surface area contributed by atoms with Gasteiger partial charge in [-0.2, -0.15) is 0 Å². The molecule has 1 saturated heterocycles. The summed E-state index contributed by atoms with van der Waals surface area (Å²) in [4.78, 5) is 25.5. The predicted octanol–water partition coefficient (Wildman–Crippen LogP) is 1.41. The molecule has 0 saturated carbocycles. The topological polar surface area (TPSA) is 113 Å². The lowest BCUT2D eigenvalue weighted by Crippen LogP contribution is -2.61. The van der Waals surface area contributed by atoms with E-state index in [1.165, 1.54) is 0 Å². The summed E-state index contributed by atoms with van der Waals surface area (Å²) in [6.07, 6.45) is 0.724. The van der Waals surface area contributed by atoms with Crippen LogP contribution in [0, 0.1) is 5.92 Å². The average Bonchev–Trinajstić information content (AvgIpc) is 2.47. The van der Waals surface area contributed by atoms with Gasteiger partial charge >= 0.3 is 12.2 Å². The van der Waals surface area contributed by atoms with Crippen molar-refractivity contribution in [2.75, 3.05) is 26.2 Å². The Labute approximate surface area is 130 Å². The van der Waals surface area contributed by atoms with E-state index in [-0.39, 0.29) is 6.61 Å². The number of aliphatic hydroxyl groups excluding tert-OH is 1. The van der Waals surface area contributed by atoms with Gasteiger partial charge in [-0.1, -0.05) is 13.3 Å². The van der Waals surface area contributed by atoms with Crippen LogP contribution in [0.1, 0.15) is 39.0 Å². The first-order valence-electron chi connectivity index (χ1n) is 7.83. The molecule has 1 heterocycles. The van der Waals surface area contributed by atoms with E-state index < -0.39 is 18.5 Å². The number of nitrogens with zero attached hydrogens (tertiary/aromatic N) is 2. The Kier molecular flexibility index (Phi) is 7.97. The van der Waals surface area contributed by atoms with Gasteiger partial charge in [-0.25, -0.2) is 9.59 Å². The Morgan fingerprint density at radius 3 is 2.41 bits per heavy atom. The molecule has 1 rings (SSSR count). The predicted molar refractivity (Wildman–Crippen MR) is 80.6 cm³/mol. The van der Waals surface area contributed by atoms with Crippen molar-refractivity contribution in [2.24, 2.45) is 5.92 Å². The van der Waals surface area contributed by atoms with Gasteiger partial charge in [-0.15, -0.1) is 0 Å². The van der Waals surface area contributed by atoms with E-state index in [0.29, 0.717) is 32.0 Å². The van der Waals surface area contributed by atoms with Crippen molar-refractivity contribution < 1.29 is 24.9 Å². The van der Waals surface area contributed by atoms with Crippen LogP contribution in [0.3, 0.4) is 0 Å². The highest BCUT2D eigenvalue weighted by Gasteiger charge is 2.32. The van der Waals surface area contributed by atoms with Crippen LogP contribution in [0.2, 0.25) is 0 Å². The van der Waals surface area contributed by atoms with Gasteiger partial charge in [0.15, 0.2) is 6.29 Å². The summed E-state index contributed by atoms with van der Waals surface area (Å²) in [5.74, 6) is 0.417. The first-order chi connectivity index (χ1) is 10.5. The molecule has 0 bridgehead atoms. The van der Waals surface area contributed by atoms with Crippen LogP contribution in [0.5, 0.6) is 0 Å². The number of likely N-dealkylation sites (tertiary alicyclic amines) is 1. The molecule has 0 radical (unpaired) electrons. The van der Waals surface area contributed by atoms with E-state index in [4.69, 9.17) is 10.2 Å². The third kappa shape index (κ3) is 5.69. The Hall–Kier alpha value is -1.54. The molecule has 4 N–H and O–H groups in total. The third-order valence-electron chi connectivity index (χ3n) is 4.08. The number of aliphatic hydroxyl groups is 1. The molecule has 0 spiro atoms. The minimum absolute atomic E-state index is 0.152. The smallest absolute Gasteiger partial charge is 0.410 e. The zero-order chi connectivity index (χ0) is 16.5. The van der Waals surface area contributed by atoms with Gasteiger partial charge in [0.1, 0.15) is 0 Å². The van der Waals surface area contributed by atoms with E-state index in [1.807, 2.05) is 11.8 Å². The lowest BCUT2D eigenvalue weighted by Gasteiger charge is -2.41. The molecule has 22 heavy (non-hydrogen) atoms. The monoisotopic (exact) mass is 317 g/mol. The number of carboxylic acid groups (broad SMARTS) is 2. The number of hydrogen-bond donors (Lipinski definition) is 4. The zero-order valence-corrected chi connectivity index (χ0v) is 13.1. The summed E-state index contributed by atoms with van der Waals surface area (Å²) in [6, 6.07) is 0. The normalized spacial score (nSPS) is 17.9.